The Hall–Kier alpha value is -1.06. The molecule has 2 fully saturated rings. The van der Waals surface area contributed by atoms with E-state index in [0.29, 0.717) is 49.0 Å². The van der Waals surface area contributed by atoms with Crippen molar-refractivity contribution >= 4 is 45.6 Å². The smallest absolute Gasteiger partial charge is 0.254 e. The van der Waals surface area contributed by atoms with Gasteiger partial charge < -0.3 is 11.1 Å². The molecule has 7 nitrogen and oxygen atoms in total. The Morgan fingerprint density at radius 1 is 1.17 bits per heavy atom. The predicted molar refractivity (Wildman–Crippen MR) is 124 cm³/mol. The first-order chi connectivity index (χ1) is 13.8. The summed E-state index contributed by atoms with van der Waals surface area (Å²) in [6, 6.07) is 5.06. The van der Waals surface area contributed by atoms with Gasteiger partial charge in [-0.2, -0.15) is 4.31 Å². The zero-order valence-electron chi connectivity index (χ0n) is 17.4. The molecule has 30 heavy (non-hydrogen) atoms. The minimum absolute atomic E-state index is 0. The summed E-state index contributed by atoms with van der Waals surface area (Å²) in [6.45, 7) is 4.57. The second-order valence-corrected chi connectivity index (χ2v) is 10.6. The van der Waals surface area contributed by atoms with Gasteiger partial charge in [-0.3, -0.25) is 9.69 Å². The third kappa shape index (κ3) is 5.40. The van der Waals surface area contributed by atoms with Crippen LogP contribution < -0.4 is 11.1 Å². The quantitative estimate of drug-likeness (QED) is 0.612. The summed E-state index contributed by atoms with van der Waals surface area (Å²) in [5.74, 6) is -0.127. The molecule has 2 aliphatic rings. The van der Waals surface area contributed by atoms with Crippen LogP contribution in [0.2, 0.25) is 5.02 Å². The van der Waals surface area contributed by atoms with Crippen LogP contribution in [0, 0.1) is 0 Å². The number of benzene rings is 1. The number of nitrogens with one attached hydrogen (secondary N) is 1. The minimum Gasteiger partial charge on any atom is -0.398 e. The van der Waals surface area contributed by atoms with Gasteiger partial charge in [0, 0.05) is 44.0 Å². The Balaban J connectivity index is 0.00000320. The molecule has 1 heterocycles. The fourth-order valence-electron chi connectivity index (χ4n) is 4.55. The third-order valence-electron chi connectivity index (χ3n) is 6.30. The number of nitrogens with zero attached hydrogens (tertiary/aromatic N) is 2. The average Bonchev–Trinajstić information content (AvgIpc) is 2.73. The van der Waals surface area contributed by atoms with Crippen LogP contribution in [0.4, 0.5) is 5.69 Å². The summed E-state index contributed by atoms with van der Waals surface area (Å²) in [7, 11) is -3.16. The van der Waals surface area contributed by atoms with E-state index in [0.717, 1.165) is 25.7 Å². The number of halogens is 2. The Kier molecular flexibility index (Phi) is 8.82. The highest BCUT2D eigenvalue weighted by molar-refractivity contribution is 7.89. The normalized spacial score (nSPS) is 20.3. The fourth-order valence-corrected chi connectivity index (χ4v) is 5.90. The standard InChI is InChI=1S/C20H31ClN4O3S.ClH/c1-2-29(27,28)25-13-11-24(12-14-25)20(9-4-3-5-10-20)15-23-19(26)18-16(21)7-6-8-17(18)22;/h6-8H,2-5,9-15,22H2,1H3,(H,23,26);1H. The second-order valence-electron chi connectivity index (χ2n) is 7.96. The van der Waals surface area contributed by atoms with Crippen LogP contribution in [0.25, 0.3) is 0 Å². The van der Waals surface area contributed by atoms with Crippen molar-refractivity contribution in [2.45, 2.75) is 44.6 Å². The van der Waals surface area contributed by atoms with E-state index in [4.69, 9.17) is 17.3 Å². The van der Waals surface area contributed by atoms with E-state index in [-0.39, 0.29) is 29.6 Å². The van der Waals surface area contributed by atoms with E-state index >= 15 is 0 Å². The number of anilines is 1. The summed E-state index contributed by atoms with van der Waals surface area (Å²) in [6.07, 6.45) is 5.39. The molecule has 170 valence electrons. The van der Waals surface area contributed by atoms with Crippen LogP contribution in [-0.4, -0.2) is 67.5 Å². The lowest BCUT2D eigenvalue weighted by atomic mass is 9.79. The van der Waals surface area contributed by atoms with Crippen molar-refractivity contribution in [2.75, 3.05) is 44.2 Å². The molecule has 1 saturated carbocycles. The van der Waals surface area contributed by atoms with Crippen molar-refractivity contribution in [1.82, 2.24) is 14.5 Å². The van der Waals surface area contributed by atoms with Crippen LogP contribution in [-0.2, 0) is 10.0 Å². The molecule has 3 rings (SSSR count). The van der Waals surface area contributed by atoms with Crippen molar-refractivity contribution in [1.29, 1.82) is 0 Å². The molecule has 0 radical (unpaired) electrons. The van der Waals surface area contributed by atoms with Crippen LogP contribution >= 0.6 is 24.0 Å². The first-order valence-electron chi connectivity index (χ1n) is 10.3. The SMILES string of the molecule is CCS(=O)(=O)N1CCN(C2(CNC(=O)c3c(N)cccc3Cl)CCCCC2)CC1.Cl. The Morgan fingerprint density at radius 2 is 1.80 bits per heavy atom. The largest absolute Gasteiger partial charge is 0.398 e. The maximum atomic E-state index is 12.8. The molecule has 1 aromatic carbocycles. The highest BCUT2D eigenvalue weighted by Gasteiger charge is 2.40. The molecule has 0 bridgehead atoms. The highest BCUT2D eigenvalue weighted by atomic mass is 35.5. The number of nitrogen functional groups attached to an aromatic ring is 1. The molecular weight excluding hydrogens is 447 g/mol. The van der Waals surface area contributed by atoms with Gasteiger partial charge in [-0.05, 0) is 31.9 Å². The molecule has 1 amide bonds. The lowest BCUT2D eigenvalue weighted by Gasteiger charge is -2.49. The minimum atomic E-state index is -3.16. The molecule has 1 saturated heterocycles. The molecule has 0 unspecified atom stereocenters. The van der Waals surface area contributed by atoms with Crippen LogP contribution in [0.3, 0.4) is 0 Å². The third-order valence-corrected chi connectivity index (χ3v) is 8.50. The Labute approximate surface area is 190 Å². The van der Waals surface area contributed by atoms with Gasteiger partial charge in [-0.15, -0.1) is 12.4 Å². The van der Waals surface area contributed by atoms with E-state index in [2.05, 4.69) is 10.2 Å². The van der Waals surface area contributed by atoms with Gasteiger partial charge in [-0.1, -0.05) is 36.9 Å². The molecule has 0 atom stereocenters. The summed E-state index contributed by atoms with van der Waals surface area (Å²) in [5, 5.41) is 3.41. The van der Waals surface area contributed by atoms with E-state index in [1.165, 1.54) is 6.42 Å². The Morgan fingerprint density at radius 3 is 2.37 bits per heavy atom. The summed E-state index contributed by atoms with van der Waals surface area (Å²) >= 11 is 6.19. The molecule has 1 aromatic rings. The molecule has 1 aliphatic heterocycles. The van der Waals surface area contributed by atoms with E-state index in [1.54, 1.807) is 29.4 Å². The lowest BCUT2D eigenvalue weighted by molar-refractivity contribution is 0.0240. The van der Waals surface area contributed by atoms with Crippen LogP contribution in [0.15, 0.2) is 18.2 Å². The molecule has 0 spiro atoms. The van der Waals surface area contributed by atoms with Crippen molar-refractivity contribution in [3.63, 3.8) is 0 Å². The number of nitrogens with two attached hydrogens (primary N) is 1. The number of hydrogen-bond acceptors (Lipinski definition) is 5. The van der Waals surface area contributed by atoms with Crippen LogP contribution in [0.5, 0.6) is 0 Å². The summed E-state index contributed by atoms with van der Waals surface area (Å²) in [5.41, 5.74) is 6.50. The maximum Gasteiger partial charge on any atom is 0.254 e. The fraction of sp³-hybridized carbons (Fsp3) is 0.650. The van der Waals surface area contributed by atoms with Crippen molar-refractivity contribution < 1.29 is 13.2 Å². The zero-order chi connectivity index (χ0) is 21.1. The van der Waals surface area contributed by atoms with Gasteiger partial charge in [0.15, 0.2) is 0 Å². The first-order valence-corrected chi connectivity index (χ1v) is 12.3. The van der Waals surface area contributed by atoms with Crippen molar-refractivity contribution in [3.8, 4) is 0 Å². The Bertz CT molecular complexity index is 816. The predicted octanol–water partition coefficient (Wildman–Crippen LogP) is 2.74. The monoisotopic (exact) mass is 478 g/mol. The van der Waals surface area contributed by atoms with E-state index in [1.807, 2.05) is 0 Å². The first kappa shape index (κ1) is 25.2. The van der Waals surface area contributed by atoms with E-state index in [9.17, 15) is 13.2 Å². The number of piperazine rings is 1. The van der Waals surface area contributed by atoms with Gasteiger partial charge in [0.05, 0.1) is 16.3 Å². The van der Waals surface area contributed by atoms with Crippen molar-refractivity contribution in [2.24, 2.45) is 0 Å². The topological polar surface area (TPSA) is 95.7 Å². The number of sulfonamides is 1. The molecule has 1 aliphatic carbocycles. The summed E-state index contributed by atoms with van der Waals surface area (Å²) in [4.78, 5) is 15.2. The van der Waals surface area contributed by atoms with Gasteiger partial charge in [-0.25, -0.2) is 8.42 Å². The molecule has 3 N–H and O–H groups in total. The molecule has 0 aromatic heterocycles. The number of amides is 1. The van der Waals surface area contributed by atoms with Gasteiger partial charge in [0.25, 0.3) is 5.91 Å². The average molecular weight is 479 g/mol. The van der Waals surface area contributed by atoms with Crippen molar-refractivity contribution in [3.05, 3.63) is 28.8 Å². The number of hydrogen-bond donors (Lipinski definition) is 2. The highest BCUT2D eigenvalue weighted by Crippen LogP contribution is 2.34. The molecular formula is C20H32Cl2N4O3S. The van der Waals surface area contributed by atoms with Crippen LogP contribution in [0.1, 0.15) is 49.4 Å². The number of rotatable bonds is 6. The maximum absolute atomic E-state index is 12.8. The van der Waals surface area contributed by atoms with E-state index < -0.39 is 10.0 Å². The zero-order valence-corrected chi connectivity index (χ0v) is 19.8. The number of carbonyl (C=O) groups excluding carboxylic acids is 1. The second kappa shape index (κ2) is 10.5. The van der Waals surface area contributed by atoms with Gasteiger partial charge in [0.2, 0.25) is 10.0 Å². The summed E-state index contributed by atoms with van der Waals surface area (Å²) < 4.78 is 25.9. The van der Waals surface area contributed by atoms with Gasteiger partial charge in [0.1, 0.15) is 0 Å². The lowest BCUT2D eigenvalue weighted by Crippen LogP contribution is -2.62. The number of carbonyl (C=O) groups is 1. The molecule has 10 heteroatoms. The van der Waals surface area contributed by atoms with Gasteiger partial charge >= 0.3 is 0 Å².